The third-order valence-corrected chi connectivity index (χ3v) is 3.64. The molecular formula is C17H13N3. The Hall–Kier alpha value is -2.81. The maximum atomic E-state index is 6.06. The maximum Gasteiger partial charge on any atom is 0.0943 e. The SMILES string of the molecule is Nc1cccc2c1[nH]c1c(-c3ccccc3)nccc12. The minimum Gasteiger partial charge on any atom is -0.397 e. The van der Waals surface area contributed by atoms with Crippen LogP contribution in [0.4, 0.5) is 5.69 Å². The molecule has 3 N–H and O–H groups in total. The van der Waals surface area contributed by atoms with Crippen LogP contribution in [0, 0.1) is 0 Å². The summed E-state index contributed by atoms with van der Waals surface area (Å²) in [6.07, 6.45) is 1.85. The van der Waals surface area contributed by atoms with E-state index in [2.05, 4.69) is 28.2 Å². The molecule has 20 heavy (non-hydrogen) atoms. The summed E-state index contributed by atoms with van der Waals surface area (Å²) in [5, 5.41) is 2.29. The molecule has 3 heteroatoms. The number of H-pyrrole nitrogens is 1. The van der Waals surface area contributed by atoms with Crippen LogP contribution in [0.3, 0.4) is 0 Å². The number of hydrogen-bond donors (Lipinski definition) is 2. The Morgan fingerprint density at radius 3 is 2.45 bits per heavy atom. The lowest BCUT2D eigenvalue weighted by molar-refractivity contribution is 1.34. The molecule has 0 bridgehead atoms. The molecule has 4 aromatic rings. The molecule has 0 aliphatic rings. The third-order valence-electron chi connectivity index (χ3n) is 3.64. The molecule has 0 amide bonds. The van der Waals surface area contributed by atoms with Gasteiger partial charge in [0.2, 0.25) is 0 Å². The van der Waals surface area contributed by atoms with E-state index in [-0.39, 0.29) is 0 Å². The van der Waals surface area contributed by atoms with E-state index in [1.54, 1.807) is 0 Å². The number of para-hydroxylation sites is 1. The van der Waals surface area contributed by atoms with Crippen LogP contribution in [0.25, 0.3) is 33.1 Å². The molecule has 0 aliphatic carbocycles. The first kappa shape index (κ1) is 11.1. The highest BCUT2D eigenvalue weighted by Crippen LogP contribution is 2.33. The van der Waals surface area contributed by atoms with Crippen molar-refractivity contribution < 1.29 is 0 Å². The van der Waals surface area contributed by atoms with E-state index in [0.717, 1.165) is 38.8 Å². The second-order valence-corrected chi connectivity index (χ2v) is 4.84. The summed E-state index contributed by atoms with van der Waals surface area (Å²) in [6.45, 7) is 0. The molecule has 0 saturated heterocycles. The molecule has 4 rings (SSSR count). The number of nitrogens with two attached hydrogens (primary N) is 1. The Morgan fingerprint density at radius 1 is 0.800 bits per heavy atom. The van der Waals surface area contributed by atoms with E-state index in [1.165, 1.54) is 0 Å². The highest BCUT2D eigenvalue weighted by molar-refractivity contribution is 6.13. The average Bonchev–Trinajstić information content (AvgIpc) is 2.88. The monoisotopic (exact) mass is 259 g/mol. The minimum atomic E-state index is 0.762. The van der Waals surface area contributed by atoms with Gasteiger partial charge in [0.25, 0.3) is 0 Å². The van der Waals surface area contributed by atoms with Gasteiger partial charge in [0.05, 0.1) is 22.4 Å². The predicted molar refractivity (Wildman–Crippen MR) is 83.4 cm³/mol. The van der Waals surface area contributed by atoms with E-state index < -0.39 is 0 Å². The molecule has 96 valence electrons. The molecule has 0 aliphatic heterocycles. The Balaban J connectivity index is 2.14. The Labute approximate surface area is 116 Å². The topological polar surface area (TPSA) is 54.7 Å². The van der Waals surface area contributed by atoms with Crippen molar-refractivity contribution in [1.29, 1.82) is 0 Å². The summed E-state index contributed by atoms with van der Waals surface area (Å²) < 4.78 is 0. The van der Waals surface area contributed by atoms with Crippen LogP contribution >= 0.6 is 0 Å². The maximum absolute atomic E-state index is 6.06. The molecule has 0 radical (unpaired) electrons. The van der Waals surface area contributed by atoms with Crippen LogP contribution in [-0.2, 0) is 0 Å². The van der Waals surface area contributed by atoms with Gasteiger partial charge in [-0.1, -0.05) is 42.5 Å². The number of nitrogen functional groups attached to an aromatic ring is 1. The van der Waals surface area contributed by atoms with Crippen molar-refractivity contribution in [3.8, 4) is 11.3 Å². The number of aromatic nitrogens is 2. The molecule has 0 saturated carbocycles. The first-order chi connectivity index (χ1) is 9.84. The summed E-state index contributed by atoms with van der Waals surface area (Å²) in [6, 6.07) is 18.2. The van der Waals surface area contributed by atoms with Crippen LogP contribution in [0.15, 0.2) is 60.8 Å². The van der Waals surface area contributed by atoms with Crippen molar-refractivity contribution >= 4 is 27.5 Å². The number of nitrogens with one attached hydrogen (secondary N) is 1. The van der Waals surface area contributed by atoms with E-state index in [9.17, 15) is 0 Å². The van der Waals surface area contributed by atoms with Gasteiger partial charge >= 0.3 is 0 Å². The van der Waals surface area contributed by atoms with E-state index in [1.807, 2.05) is 42.6 Å². The molecule has 0 atom stereocenters. The molecular weight excluding hydrogens is 246 g/mol. The van der Waals surface area contributed by atoms with Gasteiger partial charge in [0, 0.05) is 22.5 Å². The minimum absolute atomic E-state index is 0.762. The number of nitrogens with zero attached hydrogens (tertiary/aromatic N) is 1. The van der Waals surface area contributed by atoms with Gasteiger partial charge in [-0.3, -0.25) is 4.98 Å². The summed E-state index contributed by atoms with van der Waals surface area (Å²) in [5.74, 6) is 0. The van der Waals surface area contributed by atoms with Crippen molar-refractivity contribution in [1.82, 2.24) is 9.97 Å². The first-order valence-electron chi connectivity index (χ1n) is 6.55. The standard InChI is InChI=1S/C17H13N3/c18-14-8-4-7-12-13-9-10-19-15(17(13)20-16(12)14)11-5-2-1-3-6-11/h1-10,20H,18H2. The number of benzene rings is 2. The Morgan fingerprint density at radius 2 is 1.60 bits per heavy atom. The largest absolute Gasteiger partial charge is 0.397 e. The first-order valence-corrected chi connectivity index (χ1v) is 6.55. The van der Waals surface area contributed by atoms with Crippen LogP contribution in [-0.4, -0.2) is 9.97 Å². The number of hydrogen-bond acceptors (Lipinski definition) is 2. The van der Waals surface area contributed by atoms with Gasteiger partial charge in [0.15, 0.2) is 0 Å². The number of fused-ring (bicyclic) bond motifs is 3. The van der Waals surface area contributed by atoms with Crippen molar-refractivity contribution in [2.24, 2.45) is 0 Å². The van der Waals surface area contributed by atoms with Crippen LogP contribution < -0.4 is 5.73 Å². The number of anilines is 1. The van der Waals surface area contributed by atoms with Gasteiger partial charge in [-0.15, -0.1) is 0 Å². The highest BCUT2D eigenvalue weighted by atomic mass is 14.8. The summed E-state index contributed by atoms with van der Waals surface area (Å²) in [7, 11) is 0. The smallest absolute Gasteiger partial charge is 0.0943 e. The van der Waals surface area contributed by atoms with Crippen molar-refractivity contribution in [3.05, 3.63) is 60.8 Å². The summed E-state index contributed by atoms with van der Waals surface area (Å²) in [5.41, 5.74) is 10.9. The fraction of sp³-hybridized carbons (Fsp3) is 0. The zero-order chi connectivity index (χ0) is 13.5. The van der Waals surface area contributed by atoms with Gasteiger partial charge in [-0.25, -0.2) is 0 Å². The van der Waals surface area contributed by atoms with Crippen molar-refractivity contribution in [3.63, 3.8) is 0 Å². The summed E-state index contributed by atoms with van der Waals surface area (Å²) in [4.78, 5) is 7.96. The number of aromatic amines is 1. The molecule has 2 heterocycles. The molecule has 3 nitrogen and oxygen atoms in total. The molecule has 2 aromatic heterocycles. The zero-order valence-corrected chi connectivity index (χ0v) is 10.8. The Bertz CT molecular complexity index is 907. The highest BCUT2D eigenvalue weighted by Gasteiger charge is 2.11. The Kier molecular flexibility index (Phi) is 2.27. The molecule has 2 aromatic carbocycles. The summed E-state index contributed by atoms with van der Waals surface area (Å²) >= 11 is 0. The molecule has 0 unspecified atom stereocenters. The molecule has 0 spiro atoms. The van der Waals surface area contributed by atoms with E-state index in [4.69, 9.17) is 5.73 Å². The fourth-order valence-electron chi connectivity index (χ4n) is 2.69. The van der Waals surface area contributed by atoms with Gasteiger partial charge in [-0.05, 0) is 12.1 Å². The average molecular weight is 259 g/mol. The second-order valence-electron chi connectivity index (χ2n) is 4.84. The predicted octanol–water partition coefficient (Wildman–Crippen LogP) is 3.97. The van der Waals surface area contributed by atoms with Crippen LogP contribution in [0.5, 0.6) is 0 Å². The normalized spacial score (nSPS) is 11.2. The van der Waals surface area contributed by atoms with Gasteiger partial charge in [0.1, 0.15) is 0 Å². The van der Waals surface area contributed by atoms with Crippen molar-refractivity contribution in [2.75, 3.05) is 5.73 Å². The van der Waals surface area contributed by atoms with Gasteiger partial charge in [-0.2, -0.15) is 0 Å². The third kappa shape index (κ3) is 1.50. The number of rotatable bonds is 1. The van der Waals surface area contributed by atoms with E-state index >= 15 is 0 Å². The second kappa shape index (κ2) is 4.10. The van der Waals surface area contributed by atoms with Crippen LogP contribution in [0.2, 0.25) is 0 Å². The lowest BCUT2D eigenvalue weighted by atomic mass is 10.1. The quantitative estimate of drug-likeness (QED) is 0.508. The number of pyridine rings is 1. The lowest BCUT2D eigenvalue weighted by Crippen LogP contribution is -1.85. The lowest BCUT2D eigenvalue weighted by Gasteiger charge is -2.01. The molecule has 0 fully saturated rings. The van der Waals surface area contributed by atoms with Crippen LogP contribution in [0.1, 0.15) is 0 Å². The van der Waals surface area contributed by atoms with E-state index in [0.29, 0.717) is 0 Å². The fourth-order valence-corrected chi connectivity index (χ4v) is 2.69. The van der Waals surface area contributed by atoms with Crippen molar-refractivity contribution in [2.45, 2.75) is 0 Å². The zero-order valence-electron chi connectivity index (χ0n) is 10.8. The van der Waals surface area contributed by atoms with Gasteiger partial charge < -0.3 is 10.7 Å².